The van der Waals surface area contributed by atoms with Gasteiger partial charge < -0.3 is 14.8 Å². The summed E-state index contributed by atoms with van der Waals surface area (Å²) in [6.45, 7) is 1.88. The number of hydrogen-bond donors (Lipinski definition) is 1. The van der Waals surface area contributed by atoms with Crippen LogP contribution in [-0.4, -0.2) is 48.0 Å². The van der Waals surface area contributed by atoms with Crippen LogP contribution in [0.3, 0.4) is 0 Å². The first-order valence-corrected chi connectivity index (χ1v) is 10.0. The number of nitrogens with zero attached hydrogens (tertiary/aromatic N) is 3. The van der Waals surface area contributed by atoms with E-state index in [9.17, 15) is 14.0 Å². The molecular weight excluding hydrogens is 427 g/mol. The Bertz CT molecular complexity index is 1380. The molecule has 0 bridgehead atoms. The van der Waals surface area contributed by atoms with E-state index in [1.54, 1.807) is 36.5 Å². The average Bonchev–Trinajstić information content (AvgIpc) is 3.21. The molecule has 168 valence electrons. The Labute approximate surface area is 188 Å². The third-order valence-corrected chi connectivity index (χ3v) is 5.34. The first-order valence-electron chi connectivity index (χ1n) is 10.0. The molecule has 0 radical (unpaired) electrons. The standard InChI is InChI=1S/C24H21FN4O4/c1-13-9-20(32-3)18(24(31)33-4)11-17(13)15-10-19-21(23(30)26-2)22(28-29(19)27-12-15)14-5-7-16(25)8-6-14/h5-12H,1-4H3,(H,26,30). The number of carbonyl (C=O) groups excluding carboxylic acids is 2. The van der Waals surface area contributed by atoms with Crippen LogP contribution in [0.1, 0.15) is 26.3 Å². The molecule has 0 aliphatic rings. The summed E-state index contributed by atoms with van der Waals surface area (Å²) in [7, 11) is 4.30. The van der Waals surface area contributed by atoms with Crippen LogP contribution in [0.5, 0.6) is 5.75 Å². The minimum atomic E-state index is -0.531. The number of hydrogen-bond acceptors (Lipinski definition) is 6. The van der Waals surface area contributed by atoms with Gasteiger partial charge in [-0.1, -0.05) is 0 Å². The lowest BCUT2D eigenvalue weighted by atomic mass is 9.97. The largest absolute Gasteiger partial charge is 0.496 e. The second-order valence-electron chi connectivity index (χ2n) is 7.29. The lowest BCUT2D eigenvalue weighted by Gasteiger charge is -2.13. The Balaban J connectivity index is 1.94. The first-order chi connectivity index (χ1) is 15.9. The van der Waals surface area contributed by atoms with E-state index < -0.39 is 5.97 Å². The van der Waals surface area contributed by atoms with Gasteiger partial charge in [0.2, 0.25) is 0 Å². The number of ether oxygens (including phenoxy) is 2. The van der Waals surface area contributed by atoms with Gasteiger partial charge in [0.1, 0.15) is 28.3 Å². The second-order valence-corrected chi connectivity index (χ2v) is 7.29. The summed E-state index contributed by atoms with van der Waals surface area (Å²) in [5, 5.41) is 11.5. The van der Waals surface area contributed by atoms with Gasteiger partial charge in [0.05, 0.1) is 26.0 Å². The summed E-state index contributed by atoms with van der Waals surface area (Å²) in [5.41, 5.74) is 4.22. The minimum absolute atomic E-state index is 0.271. The fourth-order valence-electron chi connectivity index (χ4n) is 3.68. The summed E-state index contributed by atoms with van der Waals surface area (Å²) in [5.74, 6) is -0.881. The van der Waals surface area contributed by atoms with Crippen LogP contribution in [0.4, 0.5) is 4.39 Å². The van der Waals surface area contributed by atoms with Crippen LogP contribution >= 0.6 is 0 Å². The van der Waals surface area contributed by atoms with E-state index in [0.29, 0.717) is 33.7 Å². The number of aromatic nitrogens is 3. The van der Waals surface area contributed by atoms with Crippen molar-refractivity contribution in [3.8, 4) is 28.1 Å². The summed E-state index contributed by atoms with van der Waals surface area (Å²) in [6, 6.07) is 10.9. The highest BCUT2D eigenvalue weighted by Crippen LogP contribution is 2.33. The third kappa shape index (κ3) is 3.89. The van der Waals surface area contributed by atoms with E-state index in [1.807, 2.05) is 6.92 Å². The molecule has 1 amide bonds. The number of benzene rings is 2. The molecule has 33 heavy (non-hydrogen) atoms. The number of carbonyl (C=O) groups is 2. The molecule has 9 heteroatoms. The quantitative estimate of drug-likeness (QED) is 0.468. The molecule has 0 atom stereocenters. The molecule has 0 unspecified atom stereocenters. The maximum absolute atomic E-state index is 13.4. The predicted octanol–water partition coefficient (Wildman–Crippen LogP) is 3.67. The molecule has 0 aliphatic carbocycles. The molecule has 1 N–H and O–H groups in total. The predicted molar refractivity (Wildman–Crippen MR) is 120 cm³/mol. The van der Waals surface area contributed by atoms with Crippen molar-refractivity contribution in [1.82, 2.24) is 20.1 Å². The van der Waals surface area contributed by atoms with E-state index in [-0.39, 0.29) is 17.3 Å². The van der Waals surface area contributed by atoms with Gasteiger partial charge in [0.25, 0.3) is 5.91 Å². The molecule has 2 heterocycles. The smallest absolute Gasteiger partial charge is 0.341 e. The Morgan fingerprint density at radius 3 is 2.42 bits per heavy atom. The van der Waals surface area contributed by atoms with Crippen molar-refractivity contribution in [1.29, 1.82) is 0 Å². The number of rotatable bonds is 5. The van der Waals surface area contributed by atoms with Gasteiger partial charge in [-0.05, 0) is 60.5 Å². The SMILES string of the molecule is CNC(=O)c1c(-c2ccc(F)cc2)nn2ncc(-c3cc(C(=O)OC)c(OC)cc3C)cc12. The number of fused-ring (bicyclic) bond motifs is 1. The van der Waals surface area contributed by atoms with Crippen molar-refractivity contribution >= 4 is 17.4 Å². The van der Waals surface area contributed by atoms with E-state index in [4.69, 9.17) is 9.47 Å². The molecular formula is C24H21FN4O4. The Hall–Kier alpha value is -4.27. The molecule has 0 saturated carbocycles. The molecule has 2 aromatic heterocycles. The Morgan fingerprint density at radius 2 is 1.79 bits per heavy atom. The van der Waals surface area contributed by atoms with Crippen molar-refractivity contribution in [2.24, 2.45) is 0 Å². The Kier molecular flexibility index (Phi) is 5.78. The van der Waals surface area contributed by atoms with Gasteiger partial charge >= 0.3 is 5.97 Å². The zero-order chi connectivity index (χ0) is 23.7. The minimum Gasteiger partial charge on any atom is -0.496 e. The van der Waals surface area contributed by atoms with Gasteiger partial charge in [0.15, 0.2) is 0 Å². The van der Waals surface area contributed by atoms with Crippen LogP contribution in [-0.2, 0) is 4.74 Å². The Morgan fingerprint density at radius 1 is 1.06 bits per heavy atom. The monoisotopic (exact) mass is 448 g/mol. The average molecular weight is 448 g/mol. The van der Waals surface area contributed by atoms with Crippen LogP contribution < -0.4 is 10.1 Å². The second kappa shape index (κ2) is 8.70. The molecule has 2 aromatic carbocycles. The first kappa shape index (κ1) is 21.9. The lowest BCUT2D eigenvalue weighted by molar-refractivity contribution is 0.0597. The van der Waals surface area contributed by atoms with Crippen LogP contribution in [0.25, 0.3) is 27.9 Å². The summed E-state index contributed by atoms with van der Waals surface area (Å²) < 4.78 is 25.0. The molecule has 4 rings (SSSR count). The van der Waals surface area contributed by atoms with Crippen LogP contribution in [0.2, 0.25) is 0 Å². The normalized spacial score (nSPS) is 10.8. The highest BCUT2D eigenvalue weighted by Gasteiger charge is 2.23. The number of esters is 1. The number of aryl methyl sites for hydroxylation is 1. The van der Waals surface area contributed by atoms with E-state index >= 15 is 0 Å². The zero-order valence-corrected chi connectivity index (χ0v) is 18.5. The number of nitrogens with one attached hydrogen (secondary N) is 1. The maximum Gasteiger partial charge on any atom is 0.341 e. The van der Waals surface area contributed by atoms with Crippen molar-refractivity contribution in [2.75, 3.05) is 21.3 Å². The van der Waals surface area contributed by atoms with Crippen molar-refractivity contribution in [2.45, 2.75) is 6.92 Å². The number of methoxy groups -OCH3 is 2. The molecule has 0 spiro atoms. The highest BCUT2D eigenvalue weighted by atomic mass is 19.1. The lowest BCUT2D eigenvalue weighted by Crippen LogP contribution is -2.18. The van der Waals surface area contributed by atoms with Gasteiger partial charge in [-0.25, -0.2) is 9.18 Å². The van der Waals surface area contributed by atoms with Crippen LogP contribution in [0, 0.1) is 12.7 Å². The highest BCUT2D eigenvalue weighted by molar-refractivity contribution is 6.06. The third-order valence-electron chi connectivity index (χ3n) is 5.34. The number of halogens is 1. The summed E-state index contributed by atoms with van der Waals surface area (Å²) in [6.07, 6.45) is 1.60. The fourth-order valence-corrected chi connectivity index (χ4v) is 3.68. The zero-order valence-electron chi connectivity index (χ0n) is 18.5. The van der Waals surface area contributed by atoms with Crippen molar-refractivity contribution < 1.29 is 23.5 Å². The van der Waals surface area contributed by atoms with Gasteiger partial charge in [0, 0.05) is 18.2 Å². The fraction of sp³-hybridized carbons (Fsp3) is 0.167. The van der Waals surface area contributed by atoms with E-state index in [0.717, 1.165) is 11.1 Å². The van der Waals surface area contributed by atoms with E-state index in [1.165, 1.54) is 38.0 Å². The molecule has 4 aromatic rings. The molecule has 8 nitrogen and oxygen atoms in total. The van der Waals surface area contributed by atoms with Gasteiger partial charge in [-0.2, -0.15) is 9.73 Å². The summed E-state index contributed by atoms with van der Waals surface area (Å²) >= 11 is 0. The molecule has 0 aliphatic heterocycles. The van der Waals surface area contributed by atoms with Crippen molar-refractivity contribution in [3.63, 3.8) is 0 Å². The maximum atomic E-state index is 13.4. The topological polar surface area (TPSA) is 94.8 Å². The van der Waals surface area contributed by atoms with Gasteiger partial charge in [-0.3, -0.25) is 4.79 Å². The van der Waals surface area contributed by atoms with Crippen LogP contribution in [0.15, 0.2) is 48.7 Å². The molecule has 0 fully saturated rings. The van der Waals surface area contributed by atoms with Gasteiger partial charge in [-0.15, -0.1) is 5.10 Å². The van der Waals surface area contributed by atoms with E-state index in [2.05, 4.69) is 15.5 Å². The summed E-state index contributed by atoms with van der Waals surface area (Å²) in [4.78, 5) is 25.0. The van der Waals surface area contributed by atoms with Crippen molar-refractivity contribution in [3.05, 3.63) is 71.2 Å². The molecule has 0 saturated heterocycles. The number of amides is 1.